The maximum absolute atomic E-state index is 13.9. The van der Waals surface area contributed by atoms with Gasteiger partial charge in [0.2, 0.25) is 0 Å². The number of carbonyl (C=O) groups is 3. The number of carbonyl (C=O) groups excluding carboxylic acids is 3. The summed E-state index contributed by atoms with van der Waals surface area (Å²) in [7, 11) is 0. The average molecular weight is 492 g/mol. The highest BCUT2D eigenvalue weighted by molar-refractivity contribution is 6.00. The summed E-state index contributed by atoms with van der Waals surface area (Å²) in [5.41, 5.74) is 2.15. The first kappa shape index (κ1) is 28.4. The van der Waals surface area contributed by atoms with Crippen LogP contribution in [0.2, 0.25) is 0 Å². The molecular weight excluding hydrogens is 454 g/mol. The molecule has 0 aliphatic rings. The van der Waals surface area contributed by atoms with E-state index in [-0.39, 0.29) is 5.92 Å². The summed E-state index contributed by atoms with van der Waals surface area (Å²) in [6.45, 7) is 12.7. The van der Waals surface area contributed by atoms with Crippen molar-refractivity contribution in [3.63, 3.8) is 0 Å². The summed E-state index contributed by atoms with van der Waals surface area (Å²) in [6, 6.07) is 15.0. The van der Waals surface area contributed by atoms with Gasteiger partial charge in [0, 0.05) is 11.7 Å². The number of para-hydroxylation sites is 1. The van der Waals surface area contributed by atoms with Crippen molar-refractivity contribution in [2.75, 3.05) is 5.32 Å². The van der Waals surface area contributed by atoms with Gasteiger partial charge < -0.3 is 15.4 Å². The van der Waals surface area contributed by atoms with Crippen LogP contribution in [-0.4, -0.2) is 34.5 Å². The van der Waals surface area contributed by atoms with Gasteiger partial charge in [-0.15, -0.1) is 0 Å². The van der Waals surface area contributed by atoms with E-state index in [2.05, 4.69) is 16.7 Å². The molecule has 0 saturated carbocycles. The normalized spacial score (nSPS) is 13.5. The SMILES string of the molecule is C#CN(C(=O)C(NC(=O)OC(C)(C)C)C(C)CC)C(C(=O)Nc1ccccc1C)c1ccccc1C. The van der Waals surface area contributed by atoms with Crippen LogP contribution < -0.4 is 10.6 Å². The zero-order valence-corrected chi connectivity index (χ0v) is 22.2. The molecule has 0 spiro atoms. The van der Waals surface area contributed by atoms with E-state index in [4.69, 9.17) is 11.2 Å². The molecule has 0 aliphatic heterocycles. The van der Waals surface area contributed by atoms with Crippen LogP contribution in [0.4, 0.5) is 10.5 Å². The molecule has 7 heteroatoms. The number of anilines is 1. The molecule has 0 fully saturated rings. The minimum atomic E-state index is -1.12. The number of ether oxygens (including phenoxy) is 1. The highest BCUT2D eigenvalue weighted by Gasteiger charge is 2.38. The van der Waals surface area contributed by atoms with Crippen LogP contribution >= 0.6 is 0 Å². The van der Waals surface area contributed by atoms with Crippen molar-refractivity contribution in [1.82, 2.24) is 10.2 Å². The van der Waals surface area contributed by atoms with Gasteiger partial charge >= 0.3 is 6.09 Å². The Kier molecular flexibility index (Phi) is 9.68. The van der Waals surface area contributed by atoms with Crippen molar-refractivity contribution in [2.45, 2.75) is 72.6 Å². The quantitative estimate of drug-likeness (QED) is 0.385. The van der Waals surface area contributed by atoms with E-state index in [1.165, 1.54) is 0 Å². The van der Waals surface area contributed by atoms with E-state index in [0.29, 0.717) is 17.7 Å². The highest BCUT2D eigenvalue weighted by Crippen LogP contribution is 2.28. The standard InChI is InChI=1S/C29H37N3O4/c1-9-19(3)24(31-28(35)36-29(6,7)8)27(34)32(10-2)25(22-17-13-11-15-20(22)4)26(33)30-23-18-14-12-16-21(23)5/h2,11-19,24-25H,9H2,1,3-8H3,(H,30,33)(H,31,35). The molecule has 2 N–H and O–H groups in total. The zero-order chi connectivity index (χ0) is 27.0. The predicted molar refractivity (Wildman–Crippen MR) is 142 cm³/mol. The molecule has 36 heavy (non-hydrogen) atoms. The van der Waals surface area contributed by atoms with E-state index >= 15 is 0 Å². The molecule has 3 amide bonds. The van der Waals surface area contributed by atoms with Gasteiger partial charge in [0.25, 0.3) is 11.8 Å². The Morgan fingerprint density at radius 3 is 2.14 bits per heavy atom. The summed E-state index contributed by atoms with van der Waals surface area (Å²) in [4.78, 5) is 41.2. The Morgan fingerprint density at radius 2 is 1.61 bits per heavy atom. The molecule has 0 radical (unpaired) electrons. The van der Waals surface area contributed by atoms with Gasteiger partial charge in [0.15, 0.2) is 0 Å². The lowest BCUT2D eigenvalue weighted by Gasteiger charge is -2.33. The van der Waals surface area contributed by atoms with Crippen LogP contribution in [0.15, 0.2) is 48.5 Å². The molecule has 2 rings (SSSR count). The van der Waals surface area contributed by atoms with Crippen molar-refractivity contribution < 1.29 is 19.1 Å². The number of alkyl carbamates (subject to hydrolysis) is 1. The Labute approximate surface area is 214 Å². The first-order valence-corrected chi connectivity index (χ1v) is 12.1. The first-order chi connectivity index (χ1) is 16.9. The minimum Gasteiger partial charge on any atom is -0.444 e. The Morgan fingerprint density at radius 1 is 1.03 bits per heavy atom. The van der Waals surface area contributed by atoms with E-state index in [1.54, 1.807) is 39.0 Å². The second-order valence-corrected chi connectivity index (χ2v) is 9.91. The largest absolute Gasteiger partial charge is 0.444 e. The number of benzene rings is 2. The number of terminal acetylenes is 1. The van der Waals surface area contributed by atoms with E-state index in [0.717, 1.165) is 16.0 Å². The second kappa shape index (κ2) is 12.3. The maximum atomic E-state index is 13.9. The Bertz CT molecular complexity index is 1130. The molecule has 2 aromatic rings. The summed E-state index contributed by atoms with van der Waals surface area (Å²) >= 11 is 0. The first-order valence-electron chi connectivity index (χ1n) is 12.1. The number of nitrogens with zero attached hydrogens (tertiary/aromatic N) is 1. The van der Waals surface area contributed by atoms with Gasteiger partial charge in [-0.05, 0) is 63.3 Å². The number of nitrogens with one attached hydrogen (secondary N) is 2. The number of amides is 3. The fourth-order valence-electron chi connectivity index (χ4n) is 3.74. The van der Waals surface area contributed by atoms with E-state index in [9.17, 15) is 14.4 Å². The number of hydrogen-bond acceptors (Lipinski definition) is 4. The van der Waals surface area contributed by atoms with Gasteiger partial charge in [0.1, 0.15) is 17.7 Å². The van der Waals surface area contributed by atoms with Gasteiger partial charge in [-0.2, -0.15) is 0 Å². The summed E-state index contributed by atoms with van der Waals surface area (Å²) < 4.78 is 5.38. The van der Waals surface area contributed by atoms with Crippen molar-refractivity contribution in [3.8, 4) is 12.5 Å². The third-order valence-electron chi connectivity index (χ3n) is 5.92. The Hall–Kier alpha value is -3.79. The third kappa shape index (κ3) is 7.35. The molecular formula is C29H37N3O4. The van der Waals surface area contributed by atoms with Gasteiger partial charge in [0.05, 0.1) is 0 Å². The molecule has 0 saturated heterocycles. The number of hydrogen-bond donors (Lipinski definition) is 2. The third-order valence-corrected chi connectivity index (χ3v) is 5.92. The monoisotopic (exact) mass is 491 g/mol. The lowest BCUT2D eigenvalue weighted by atomic mass is 9.94. The van der Waals surface area contributed by atoms with Crippen molar-refractivity contribution >= 4 is 23.6 Å². The lowest BCUT2D eigenvalue weighted by Crippen LogP contribution is -2.53. The number of rotatable bonds is 8. The van der Waals surface area contributed by atoms with Gasteiger partial charge in [-0.25, -0.2) is 4.79 Å². The molecule has 2 aromatic carbocycles. The number of aryl methyl sites for hydroxylation is 2. The van der Waals surface area contributed by atoms with Crippen LogP contribution in [0.25, 0.3) is 0 Å². The van der Waals surface area contributed by atoms with Gasteiger partial charge in [-0.3, -0.25) is 14.5 Å². The van der Waals surface area contributed by atoms with Crippen LogP contribution in [0.3, 0.4) is 0 Å². The van der Waals surface area contributed by atoms with Crippen LogP contribution in [0.1, 0.15) is 63.8 Å². The fourth-order valence-corrected chi connectivity index (χ4v) is 3.74. The highest BCUT2D eigenvalue weighted by atomic mass is 16.6. The maximum Gasteiger partial charge on any atom is 0.408 e. The molecule has 7 nitrogen and oxygen atoms in total. The summed E-state index contributed by atoms with van der Waals surface area (Å²) in [5.74, 6) is -1.28. The summed E-state index contributed by atoms with van der Waals surface area (Å²) in [6.07, 6.45) is 5.73. The van der Waals surface area contributed by atoms with E-state index < -0.39 is 35.6 Å². The fraction of sp³-hybridized carbons (Fsp3) is 0.414. The summed E-state index contributed by atoms with van der Waals surface area (Å²) in [5, 5.41) is 5.60. The minimum absolute atomic E-state index is 0.266. The van der Waals surface area contributed by atoms with Crippen LogP contribution in [-0.2, 0) is 14.3 Å². The van der Waals surface area contributed by atoms with Gasteiger partial charge in [-0.1, -0.05) is 69.2 Å². The van der Waals surface area contributed by atoms with Crippen LogP contribution in [0, 0.1) is 32.2 Å². The lowest BCUT2D eigenvalue weighted by molar-refractivity contribution is -0.137. The molecule has 0 heterocycles. The van der Waals surface area contributed by atoms with E-state index in [1.807, 2.05) is 58.0 Å². The average Bonchev–Trinajstić information content (AvgIpc) is 2.81. The zero-order valence-electron chi connectivity index (χ0n) is 22.2. The molecule has 3 unspecified atom stereocenters. The molecule has 0 bridgehead atoms. The second-order valence-electron chi connectivity index (χ2n) is 9.91. The van der Waals surface area contributed by atoms with Crippen LogP contribution in [0.5, 0.6) is 0 Å². The topological polar surface area (TPSA) is 87.7 Å². The molecule has 3 atom stereocenters. The Balaban J connectivity index is 2.50. The molecule has 0 aliphatic carbocycles. The van der Waals surface area contributed by atoms with Crippen molar-refractivity contribution in [1.29, 1.82) is 0 Å². The van der Waals surface area contributed by atoms with Crippen molar-refractivity contribution in [3.05, 3.63) is 65.2 Å². The molecule has 192 valence electrons. The van der Waals surface area contributed by atoms with Crippen molar-refractivity contribution in [2.24, 2.45) is 5.92 Å². The molecule has 0 aromatic heterocycles. The smallest absolute Gasteiger partial charge is 0.408 e. The predicted octanol–water partition coefficient (Wildman–Crippen LogP) is 5.34.